The van der Waals surface area contributed by atoms with Crippen molar-refractivity contribution in [2.24, 2.45) is 12.1 Å². The van der Waals surface area contributed by atoms with Crippen molar-refractivity contribution < 1.29 is 4.79 Å². The van der Waals surface area contributed by atoms with E-state index in [1.54, 1.807) is 6.21 Å². The number of hydrogen-bond donors (Lipinski definition) is 1. The van der Waals surface area contributed by atoms with Crippen molar-refractivity contribution in [1.82, 2.24) is 30.2 Å². The van der Waals surface area contributed by atoms with Gasteiger partial charge in [0.05, 0.1) is 6.21 Å². The average molecular weight is 359 g/mol. The lowest BCUT2D eigenvalue weighted by molar-refractivity contribution is -0.122. The molecule has 0 aliphatic rings. The molecular formula is C19H17N7O. The quantitative estimate of drug-likeness (QED) is 0.436. The fraction of sp³-hybridized carbons (Fsp3) is 0.105. The van der Waals surface area contributed by atoms with Gasteiger partial charge in [0.2, 0.25) is 5.82 Å². The van der Waals surface area contributed by atoms with Crippen LogP contribution >= 0.6 is 0 Å². The van der Waals surface area contributed by atoms with Gasteiger partial charge in [0.1, 0.15) is 6.54 Å². The first-order chi connectivity index (χ1) is 13.2. The highest BCUT2D eigenvalue weighted by Crippen LogP contribution is 2.18. The number of carbonyl (C=O) groups is 1. The highest BCUT2D eigenvalue weighted by molar-refractivity contribution is 5.99. The Labute approximate surface area is 155 Å². The smallest absolute Gasteiger partial charge is 0.263 e. The second-order valence-corrected chi connectivity index (χ2v) is 6.02. The number of nitrogens with one attached hydrogen (secondary N) is 1. The maximum Gasteiger partial charge on any atom is 0.263 e. The van der Waals surface area contributed by atoms with Crippen LogP contribution in [-0.2, 0) is 18.4 Å². The standard InChI is InChI=1S/C19H17N7O/c1-25-12-15(16-9-5-6-10-17(16)25)11-20-21-18(27)13-26-23-19(22-24-26)14-7-3-2-4-8-14/h2-12H,13H2,1H3,(H,21,27)/b20-11-. The summed E-state index contributed by atoms with van der Waals surface area (Å²) in [7, 11) is 1.97. The van der Waals surface area contributed by atoms with E-state index in [-0.39, 0.29) is 12.5 Å². The van der Waals surface area contributed by atoms with Crippen LogP contribution in [0.1, 0.15) is 5.56 Å². The molecule has 27 heavy (non-hydrogen) atoms. The van der Waals surface area contributed by atoms with E-state index < -0.39 is 0 Å². The number of tetrazole rings is 1. The molecule has 0 aliphatic heterocycles. The summed E-state index contributed by atoms with van der Waals surface area (Å²) < 4.78 is 2.02. The van der Waals surface area contributed by atoms with Gasteiger partial charge in [-0.2, -0.15) is 9.90 Å². The van der Waals surface area contributed by atoms with Crippen molar-refractivity contribution in [2.45, 2.75) is 6.54 Å². The maximum absolute atomic E-state index is 12.1. The number of benzene rings is 2. The predicted molar refractivity (Wildman–Crippen MR) is 102 cm³/mol. The Bertz CT molecular complexity index is 1110. The molecule has 1 N–H and O–H groups in total. The molecule has 0 radical (unpaired) electrons. The van der Waals surface area contributed by atoms with Gasteiger partial charge in [0.25, 0.3) is 5.91 Å². The fourth-order valence-electron chi connectivity index (χ4n) is 2.83. The Morgan fingerprint density at radius 1 is 1.15 bits per heavy atom. The predicted octanol–water partition coefficient (Wildman–Crippen LogP) is 1.98. The molecule has 0 atom stereocenters. The zero-order valence-electron chi connectivity index (χ0n) is 14.6. The maximum atomic E-state index is 12.1. The van der Waals surface area contributed by atoms with E-state index in [0.29, 0.717) is 5.82 Å². The van der Waals surface area contributed by atoms with Crippen molar-refractivity contribution in [3.8, 4) is 11.4 Å². The molecular weight excluding hydrogens is 342 g/mol. The molecule has 0 saturated heterocycles. The van der Waals surface area contributed by atoms with Crippen LogP contribution in [-0.4, -0.2) is 36.9 Å². The molecule has 0 spiro atoms. The Morgan fingerprint density at radius 2 is 1.93 bits per heavy atom. The summed E-state index contributed by atoms with van der Waals surface area (Å²) in [5, 5.41) is 17.2. The van der Waals surface area contributed by atoms with Gasteiger partial charge >= 0.3 is 0 Å². The summed E-state index contributed by atoms with van der Waals surface area (Å²) in [6.45, 7) is -0.0628. The van der Waals surface area contributed by atoms with Gasteiger partial charge in [0.15, 0.2) is 0 Å². The molecule has 8 nitrogen and oxygen atoms in total. The van der Waals surface area contributed by atoms with Gasteiger partial charge in [-0.05, 0) is 11.3 Å². The van der Waals surface area contributed by atoms with Gasteiger partial charge in [-0.25, -0.2) is 5.43 Å². The minimum Gasteiger partial charge on any atom is -0.350 e. The fourth-order valence-corrected chi connectivity index (χ4v) is 2.83. The molecule has 4 aromatic rings. The van der Waals surface area contributed by atoms with Gasteiger partial charge < -0.3 is 4.57 Å². The van der Waals surface area contributed by atoms with E-state index in [1.165, 1.54) is 4.80 Å². The number of para-hydroxylation sites is 1. The van der Waals surface area contributed by atoms with E-state index in [1.807, 2.05) is 72.4 Å². The summed E-state index contributed by atoms with van der Waals surface area (Å²) in [4.78, 5) is 13.3. The van der Waals surface area contributed by atoms with Crippen molar-refractivity contribution in [1.29, 1.82) is 0 Å². The zero-order chi connectivity index (χ0) is 18.6. The first-order valence-corrected chi connectivity index (χ1v) is 8.40. The molecule has 0 fully saturated rings. The van der Waals surface area contributed by atoms with Crippen LogP contribution < -0.4 is 5.43 Å². The monoisotopic (exact) mass is 359 g/mol. The molecule has 2 aromatic carbocycles. The van der Waals surface area contributed by atoms with Crippen LogP contribution in [0.25, 0.3) is 22.3 Å². The molecule has 2 heterocycles. The third-order valence-electron chi connectivity index (χ3n) is 4.09. The lowest BCUT2D eigenvalue weighted by Gasteiger charge is -1.98. The van der Waals surface area contributed by atoms with Crippen molar-refractivity contribution >= 4 is 23.0 Å². The van der Waals surface area contributed by atoms with Crippen LogP contribution in [0.4, 0.5) is 0 Å². The zero-order valence-corrected chi connectivity index (χ0v) is 14.6. The molecule has 8 heteroatoms. The van der Waals surface area contributed by atoms with Crippen LogP contribution in [0.3, 0.4) is 0 Å². The summed E-state index contributed by atoms with van der Waals surface area (Å²) >= 11 is 0. The SMILES string of the molecule is Cn1cc(/C=N\NC(=O)Cn2nnc(-c3ccccc3)n2)c2ccccc21. The number of carbonyl (C=O) groups excluding carboxylic acids is 1. The van der Waals surface area contributed by atoms with Crippen LogP contribution in [0.2, 0.25) is 0 Å². The summed E-state index contributed by atoms with van der Waals surface area (Å²) in [5.74, 6) is 0.145. The minimum absolute atomic E-state index is 0.0628. The number of amides is 1. The summed E-state index contributed by atoms with van der Waals surface area (Å²) in [5.41, 5.74) is 5.37. The van der Waals surface area contributed by atoms with Gasteiger partial charge in [-0.15, -0.1) is 10.2 Å². The highest BCUT2D eigenvalue weighted by Gasteiger charge is 2.09. The largest absolute Gasteiger partial charge is 0.350 e. The van der Waals surface area contributed by atoms with E-state index in [9.17, 15) is 4.79 Å². The third-order valence-corrected chi connectivity index (χ3v) is 4.09. The van der Waals surface area contributed by atoms with Crippen LogP contribution in [0.15, 0.2) is 65.9 Å². The molecule has 4 rings (SSSR count). The number of fused-ring (bicyclic) bond motifs is 1. The van der Waals surface area contributed by atoms with Gasteiger partial charge in [-0.1, -0.05) is 48.5 Å². The minimum atomic E-state index is -0.330. The molecule has 0 saturated carbocycles. The number of nitrogens with zero attached hydrogens (tertiary/aromatic N) is 6. The third kappa shape index (κ3) is 3.59. The Balaban J connectivity index is 1.40. The van der Waals surface area contributed by atoms with E-state index in [0.717, 1.165) is 22.0 Å². The average Bonchev–Trinajstić information content (AvgIpc) is 3.28. The number of aryl methyl sites for hydroxylation is 1. The second kappa shape index (κ2) is 7.20. The number of hydrogen-bond acceptors (Lipinski definition) is 5. The normalized spacial score (nSPS) is 11.3. The lowest BCUT2D eigenvalue weighted by atomic mass is 10.2. The summed E-state index contributed by atoms with van der Waals surface area (Å²) in [6.07, 6.45) is 3.59. The Hall–Kier alpha value is -3.81. The molecule has 2 aromatic heterocycles. The van der Waals surface area contributed by atoms with Crippen molar-refractivity contribution in [3.05, 3.63) is 66.4 Å². The first-order valence-electron chi connectivity index (χ1n) is 8.40. The van der Waals surface area contributed by atoms with Gasteiger partial charge in [0, 0.05) is 35.3 Å². The lowest BCUT2D eigenvalue weighted by Crippen LogP contribution is -2.24. The molecule has 134 valence electrons. The Morgan fingerprint density at radius 3 is 2.78 bits per heavy atom. The highest BCUT2D eigenvalue weighted by atomic mass is 16.2. The molecule has 0 bridgehead atoms. The molecule has 0 aliphatic carbocycles. The van der Waals surface area contributed by atoms with E-state index >= 15 is 0 Å². The topological polar surface area (TPSA) is 90.0 Å². The number of aromatic nitrogens is 5. The van der Waals surface area contributed by atoms with E-state index in [2.05, 4.69) is 25.9 Å². The number of rotatable bonds is 5. The van der Waals surface area contributed by atoms with Crippen LogP contribution in [0, 0.1) is 0 Å². The summed E-state index contributed by atoms with van der Waals surface area (Å²) in [6, 6.07) is 17.5. The Kier molecular flexibility index (Phi) is 4.44. The van der Waals surface area contributed by atoms with Crippen molar-refractivity contribution in [3.63, 3.8) is 0 Å². The van der Waals surface area contributed by atoms with Gasteiger partial charge in [-0.3, -0.25) is 4.79 Å². The second-order valence-electron chi connectivity index (χ2n) is 6.02. The number of hydrazone groups is 1. The van der Waals surface area contributed by atoms with Crippen molar-refractivity contribution in [2.75, 3.05) is 0 Å². The van der Waals surface area contributed by atoms with Crippen LogP contribution in [0.5, 0.6) is 0 Å². The molecule has 0 unspecified atom stereocenters. The van der Waals surface area contributed by atoms with E-state index in [4.69, 9.17) is 0 Å². The molecule has 1 amide bonds. The first kappa shape index (κ1) is 16.6.